The summed E-state index contributed by atoms with van der Waals surface area (Å²) in [5, 5.41) is 0. The number of fused-ring (bicyclic) bond motifs is 3. The van der Waals surface area contributed by atoms with Crippen molar-refractivity contribution in [3.8, 4) is 0 Å². The third-order valence-electron chi connectivity index (χ3n) is 9.33. The third kappa shape index (κ3) is 4.76. The molecule has 0 spiro atoms. The number of piperazine rings is 1. The van der Waals surface area contributed by atoms with Crippen molar-refractivity contribution in [1.82, 2.24) is 9.80 Å². The molecule has 1 heterocycles. The molecule has 240 valence electrons. The molecule has 3 atom stereocenters. The lowest BCUT2D eigenvalue weighted by molar-refractivity contribution is -0.348. The molecule has 2 aromatic carbocycles. The maximum absolute atomic E-state index is 15.0. The minimum absolute atomic E-state index is 0.0379. The summed E-state index contributed by atoms with van der Waals surface area (Å²) < 4.78 is 137. The second kappa shape index (κ2) is 10.7. The minimum atomic E-state index is -6.36. The van der Waals surface area contributed by atoms with Crippen molar-refractivity contribution < 1.29 is 53.1 Å². The summed E-state index contributed by atoms with van der Waals surface area (Å²) in [7, 11) is -4.54. The Morgan fingerprint density at radius 3 is 1.95 bits per heavy atom. The van der Waals surface area contributed by atoms with Gasteiger partial charge in [0.15, 0.2) is 9.84 Å². The Balaban J connectivity index is 1.62. The molecule has 0 radical (unpaired) electrons. The van der Waals surface area contributed by atoms with Gasteiger partial charge in [0, 0.05) is 44.6 Å². The summed E-state index contributed by atoms with van der Waals surface area (Å²) in [5.41, 5.74) is -7.74. The largest absolute Gasteiger partial charge is 0.435 e. The van der Waals surface area contributed by atoms with Crippen LogP contribution in [-0.4, -0.2) is 68.6 Å². The number of benzene rings is 2. The molecule has 0 aromatic heterocycles. The van der Waals surface area contributed by atoms with E-state index in [9.17, 15) is 53.1 Å². The number of alkyl halides is 7. The van der Waals surface area contributed by atoms with E-state index in [0.29, 0.717) is 12.1 Å². The zero-order valence-electron chi connectivity index (χ0n) is 23.3. The number of hydrogen-bond donors (Lipinski definition) is 0. The predicted octanol–water partition coefficient (Wildman–Crippen LogP) is 5.45. The number of sulfone groups is 1. The van der Waals surface area contributed by atoms with Gasteiger partial charge in [-0.15, -0.1) is 0 Å². The summed E-state index contributed by atoms with van der Waals surface area (Å²) in [6.45, 7) is 2.34. The second-order valence-corrected chi connectivity index (χ2v) is 13.7. The first kappa shape index (κ1) is 32.2. The van der Waals surface area contributed by atoms with Crippen LogP contribution < -0.4 is 0 Å². The van der Waals surface area contributed by atoms with E-state index in [-0.39, 0.29) is 79.7 Å². The second-order valence-electron chi connectivity index (χ2n) is 11.5. The van der Waals surface area contributed by atoms with Crippen LogP contribution in [0.15, 0.2) is 47.4 Å². The smallest absolute Gasteiger partial charge is 0.339 e. The van der Waals surface area contributed by atoms with E-state index in [1.807, 2.05) is 0 Å². The van der Waals surface area contributed by atoms with Gasteiger partial charge < -0.3 is 9.80 Å². The van der Waals surface area contributed by atoms with Crippen molar-refractivity contribution in [1.29, 1.82) is 0 Å². The predicted molar refractivity (Wildman–Crippen MR) is 140 cm³/mol. The molecule has 0 unspecified atom stereocenters. The number of rotatable bonds is 4. The van der Waals surface area contributed by atoms with Gasteiger partial charge in [-0.1, -0.05) is 18.2 Å². The molecular formula is C29H28F8N2O4S. The summed E-state index contributed by atoms with van der Waals surface area (Å²) in [6.07, 6.45) is -13.2. The highest BCUT2D eigenvalue weighted by atomic mass is 32.2. The maximum Gasteiger partial charge on any atom is 0.435 e. The molecule has 2 amide bonds. The fourth-order valence-corrected chi connectivity index (χ4v) is 9.62. The lowest BCUT2D eigenvalue weighted by atomic mass is 9.72. The first-order chi connectivity index (χ1) is 20.4. The van der Waals surface area contributed by atoms with Crippen molar-refractivity contribution in [3.05, 3.63) is 65.0 Å². The molecular weight excluding hydrogens is 624 g/mol. The van der Waals surface area contributed by atoms with E-state index in [2.05, 4.69) is 0 Å². The summed E-state index contributed by atoms with van der Waals surface area (Å²) >= 11 is 0. The molecule has 1 saturated heterocycles. The fourth-order valence-electron chi connectivity index (χ4n) is 7.15. The molecule has 0 bridgehead atoms. The van der Waals surface area contributed by atoms with Gasteiger partial charge in [0.25, 0.3) is 0 Å². The van der Waals surface area contributed by atoms with Crippen molar-refractivity contribution in [2.45, 2.75) is 60.3 Å². The molecule has 2 aliphatic carbocycles. The fraction of sp³-hybridized carbons (Fsp3) is 0.517. The monoisotopic (exact) mass is 652 g/mol. The Kier molecular flexibility index (Phi) is 7.82. The number of halogens is 8. The maximum atomic E-state index is 15.0. The van der Waals surface area contributed by atoms with Crippen LogP contribution in [0.3, 0.4) is 0 Å². The number of carbonyl (C=O) groups is 2. The molecule has 3 aliphatic rings. The van der Waals surface area contributed by atoms with Gasteiger partial charge >= 0.3 is 18.0 Å². The van der Waals surface area contributed by atoms with Gasteiger partial charge in [0.1, 0.15) is 10.6 Å². The van der Waals surface area contributed by atoms with E-state index in [1.165, 1.54) is 11.8 Å². The van der Waals surface area contributed by atoms with Crippen LogP contribution in [0.4, 0.5) is 35.1 Å². The Bertz CT molecular complexity index is 1550. The Labute approximate surface area is 247 Å². The molecule has 5 rings (SSSR count). The van der Waals surface area contributed by atoms with Crippen molar-refractivity contribution in [2.24, 2.45) is 11.8 Å². The zero-order chi connectivity index (χ0) is 32.5. The number of hydrogen-bond acceptors (Lipinski definition) is 4. The third-order valence-corrected chi connectivity index (χ3v) is 11.9. The van der Waals surface area contributed by atoms with Crippen LogP contribution in [0.1, 0.15) is 42.9 Å². The highest BCUT2D eigenvalue weighted by Crippen LogP contribution is 2.61. The Hall–Kier alpha value is -3.23. The molecule has 1 aliphatic heterocycles. The highest BCUT2D eigenvalue weighted by molar-refractivity contribution is 7.92. The highest BCUT2D eigenvalue weighted by Gasteiger charge is 2.74. The van der Waals surface area contributed by atoms with Crippen molar-refractivity contribution in [3.63, 3.8) is 0 Å². The van der Waals surface area contributed by atoms with E-state index in [1.54, 1.807) is 4.90 Å². The molecule has 2 aromatic rings. The lowest BCUT2D eigenvalue weighted by Gasteiger charge is -2.43. The molecule has 0 N–H and O–H groups in total. The van der Waals surface area contributed by atoms with Crippen molar-refractivity contribution in [2.75, 3.05) is 26.2 Å². The number of carbonyl (C=O) groups excluding carboxylic acids is 2. The van der Waals surface area contributed by atoms with Crippen LogP contribution in [0.2, 0.25) is 0 Å². The van der Waals surface area contributed by atoms with E-state index < -0.39 is 55.8 Å². The van der Waals surface area contributed by atoms with Crippen LogP contribution >= 0.6 is 0 Å². The first-order valence-corrected chi connectivity index (χ1v) is 15.4. The molecule has 15 heteroatoms. The molecule has 6 nitrogen and oxygen atoms in total. The number of nitrogens with zero attached hydrogens (tertiary/aromatic N) is 2. The first-order valence-electron chi connectivity index (χ1n) is 13.9. The molecule has 44 heavy (non-hydrogen) atoms. The van der Waals surface area contributed by atoms with Crippen LogP contribution in [0.5, 0.6) is 0 Å². The molecule has 1 saturated carbocycles. The average Bonchev–Trinajstić information content (AvgIpc) is 3.37. The van der Waals surface area contributed by atoms with Gasteiger partial charge in [0.05, 0.1) is 4.90 Å². The van der Waals surface area contributed by atoms with Gasteiger partial charge in [-0.05, 0) is 67.0 Å². The molecule has 2 fully saturated rings. The Morgan fingerprint density at radius 1 is 0.841 bits per heavy atom. The SMILES string of the molecule is CC(=O)N1CCN(C(=O)[C@@H]2CC[C@@]3(S(=O)(=O)c4ccc(F)cc4)c4ccc(C(F)(C(F)(F)F)C(F)(F)F)cc4CC[C@@H]23)CC1. The van der Waals surface area contributed by atoms with E-state index in [0.717, 1.165) is 30.3 Å². The average molecular weight is 653 g/mol. The van der Waals surface area contributed by atoms with Gasteiger partial charge in [0.2, 0.25) is 11.8 Å². The van der Waals surface area contributed by atoms with Gasteiger partial charge in [-0.2, -0.15) is 26.3 Å². The normalized spacial score (nSPS) is 24.6. The van der Waals surface area contributed by atoms with Crippen LogP contribution in [0.25, 0.3) is 0 Å². The summed E-state index contributed by atoms with van der Waals surface area (Å²) in [5.74, 6) is -3.08. The zero-order valence-corrected chi connectivity index (χ0v) is 24.1. The minimum Gasteiger partial charge on any atom is -0.339 e. The van der Waals surface area contributed by atoms with E-state index in [4.69, 9.17) is 0 Å². The van der Waals surface area contributed by atoms with Gasteiger partial charge in [-0.3, -0.25) is 9.59 Å². The van der Waals surface area contributed by atoms with Crippen LogP contribution in [-0.2, 0) is 36.3 Å². The number of aryl methyl sites for hydroxylation is 1. The number of amides is 2. The topological polar surface area (TPSA) is 74.8 Å². The summed E-state index contributed by atoms with van der Waals surface area (Å²) in [4.78, 5) is 28.2. The Morgan fingerprint density at radius 2 is 1.41 bits per heavy atom. The van der Waals surface area contributed by atoms with Gasteiger partial charge in [-0.25, -0.2) is 17.2 Å². The quantitative estimate of drug-likeness (QED) is 0.326. The van der Waals surface area contributed by atoms with Crippen molar-refractivity contribution >= 4 is 21.7 Å². The standard InChI is InChI=1S/C29H28F8N2O4S/c1-17(40)38-12-14-39(15-13-38)25(41)22-10-11-26(44(42,43)21-6-4-20(30)5-7-21)23-9-3-19(16-18(23)2-8-24(22)26)27(31,28(32,33)34)29(35,36)37/h3-7,9,16,22,24H,2,8,10-15H2,1H3/t22-,24+,26-/m1/s1. The van der Waals surface area contributed by atoms with Crippen LogP contribution in [0, 0.1) is 17.7 Å². The lowest BCUT2D eigenvalue weighted by Crippen LogP contribution is -2.53. The summed E-state index contributed by atoms with van der Waals surface area (Å²) in [6, 6.07) is 5.35. The van der Waals surface area contributed by atoms with E-state index >= 15 is 0 Å².